The first-order chi connectivity index (χ1) is 11.3. The lowest BCUT2D eigenvalue weighted by Gasteiger charge is -2.27. The molecule has 0 amide bonds. The third-order valence-corrected chi connectivity index (χ3v) is 4.62. The maximum atomic E-state index is 12.7. The van der Waals surface area contributed by atoms with Gasteiger partial charge in [-0.25, -0.2) is 0 Å². The molecule has 0 unspecified atom stereocenters. The van der Waals surface area contributed by atoms with Gasteiger partial charge in [0, 0.05) is 37.0 Å². The summed E-state index contributed by atoms with van der Waals surface area (Å²) in [7, 11) is 0. The van der Waals surface area contributed by atoms with Crippen LogP contribution >= 0.6 is 0 Å². The van der Waals surface area contributed by atoms with E-state index >= 15 is 0 Å². The minimum atomic E-state index is 0.124. The average Bonchev–Trinajstić information content (AvgIpc) is 2.63. The highest BCUT2D eigenvalue weighted by atomic mass is 16.5. The van der Waals surface area contributed by atoms with Gasteiger partial charge in [-0.05, 0) is 24.3 Å². The Hall–Kier alpha value is -2.17. The van der Waals surface area contributed by atoms with Crippen molar-refractivity contribution in [3.05, 3.63) is 58.8 Å². The predicted molar refractivity (Wildman–Crippen MR) is 93.0 cm³/mol. The van der Waals surface area contributed by atoms with Gasteiger partial charge in [0.05, 0.1) is 24.2 Å². The molecule has 0 N–H and O–H groups in total. The van der Waals surface area contributed by atoms with E-state index in [0.29, 0.717) is 0 Å². The average molecular weight is 308 g/mol. The largest absolute Gasteiger partial charge is 0.379 e. The zero-order valence-electron chi connectivity index (χ0n) is 13.1. The Bertz CT molecular complexity index is 835. The number of fused-ring (bicyclic) bond motifs is 2. The Balaban J connectivity index is 1.82. The quantitative estimate of drug-likeness (QED) is 0.697. The van der Waals surface area contributed by atoms with Crippen molar-refractivity contribution in [3.8, 4) is 0 Å². The maximum Gasteiger partial charge on any atom is 0.197 e. The molecule has 0 atom stereocenters. The van der Waals surface area contributed by atoms with Gasteiger partial charge < -0.3 is 9.30 Å². The number of pyridine rings is 1. The molecule has 0 radical (unpaired) electrons. The van der Waals surface area contributed by atoms with Crippen LogP contribution in [0, 0.1) is 0 Å². The van der Waals surface area contributed by atoms with Gasteiger partial charge in [0.15, 0.2) is 5.43 Å². The molecule has 1 aliphatic rings. The van der Waals surface area contributed by atoms with E-state index in [0.717, 1.165) is 61.2 Å². The zero-order chi connectivity index (χ0) is 15.6. The first-order valence-electron chi connectivity index (χ1n) is 8.15. The second-order valence-electron chi connectivity index (χ2n) is 5.97. The van der Waals surface area contributed by atoms with Gasteiger partial charge in [0.2, 0.25) is 0 Å². The second-order valence-corrected chi connectivity index (χ2v) is 5.97. The Morgan fingerprint density at radius 1 is 0.826 bits per heavy atom. The molecule has 1 fully saturated rings. The molecule has 2 aromatic carbocycles. The molecule has 23 heavy (non-hydrogen) atoms. The summed E-state index contributed by atoms with van der Waals surface area (Å²) < 4.78 is 7.70. The number of para-hydroxylation sites is 2. The lowest BCUT2D eigenvalue weighted by Crippen LogP contribution is -2.38. The van der Waals surface area contributed by atoms with Crippen molar-refractivity contribution in [1.29, 1.82) is 0 Å². The summed E-state index contributed by atoms with van der Waals surface area (Å²) in [5, 5.41) is 1.60. The Kier molecular flexibility index (Phi) is 3.85. The van der Waals surface area contributed by atoms with Crippen LogP contribution in [0.1, 0.15) is 0 Å². The molecule has 4 nitrogen and oxygen atoms in total. The monoisotopic (exact) mass is 308 g/mol. The molecule has 4 rings (SSSR count). The summed E-state index contributed by atoms with van der Waals surface area (Å²) in [6.45, 7) is 5.44. The zero-order valence-corrected chi connectivity index (χ0v) is 13.1. The fourth-order valence-electron chi connectivity index (χ4n) is 3.38. The molecule has 0 aliphatic carbocycles. The molecule has 1 aromatic heterocycles. The highest BCUT2D eigenvalue weighted by molar-refractivity contribution is 5.93. The van der Waals surface area contributed by atoms with Crippen LogP contribution in [-0.4, -0.2) is 42.3 Å². The smallest absolute Gasteiger partial charge is 0.197 e. The Morgan fingerprint density at radius 3 is 2.00 bits per heavy atom. The fourth-order valence-corrected chi connectivity index (χ4v) is 3.38. The molecule has 118 valence electrons. The normalized spacial score (nSPS) is 16.2. The standard InChI is InChI=1S/C19H20N2O2/c22-19-15-5-1-3-7-17(15)21(18-8-4-2-6-16(18)19)10-9-20-11-13-23-14-12-20/h1-8H,9-14H2. The SMILES string of the molecule is O=c1c2ccccc2n(CCN2CCOCC2)c2ccccc12. The first-order valence-corrected chi connectivity index (χ1v) is 8.15. The third-order valence-electron chi connectivity index (χ3n) is 4.62. The Morgan fingerprint density at radius 2 is 1.39 bits per heavy atom. The van der Waals surface area contributed by atoms with E-state index in [-0.39, 0.29) is 5.43 Å². The minimum Gasteiger partial charge on any atom is -0.379 e. The number of hydrogen-bond acceptors (Lipinski definition) is 3. The van der Waals surface area contributed by atoms with Crippen LogP contribution in [-0.2, 0) is 11.3 Å². The lowest BCUT2D eigenvalue weighted by molar-refractivity contribution is 0.0366. The van der Waals surface area contributed by atoms with Crippen molar-refractivity contribution >= 4 is 21.8 Å². The van der Waals surface area contributed by atoms with Gasteiger partial charge >= 0.3 is 0 Å². The van der Waals surface area contributed by atoms with Crippen LogP contribution in [0.4, 0.5) is 0 Å². The van der Waals surface area contributed by atoms with Crippen molar-refractivity contribution in [1.82, 2.24) is 9.47 Å². The number of aromatic nitrogens is 1. The highest BCUT2D eigenvalue weighted by Gasteiger charge is 2.13. The summed E-state index contributed by atoms with van der Waals surface area (Å²) in [4.78, 5) is 15.1. The van der Waals surface area contributed by atoms with Gasteiger partial charge in [-0.2, -0.15) is 0 Å². The highest BCUT2D eigenvalue weighted by Crippen LogP contribution is 2.19. The van der Waals surface area contributed by atoms with Crippen molar-refractivity contribution in [3.63, 3.8) is 0 Å². The van der Waals surface area contributed by atoms with E-state index < -0.39 is 0 Å². The number of rotatable bonds is 3. The number of nitrogens with zero attached hydrogens (tertiary/aromatic N) is 2. The van der Waals surface area contributed by atoms with Crippen LogP contribution in [0.15, 0.2) is 53.3 Å². The van der Waals surface area contributed by atoms with Gasteiger partial charge in [0.1, 0.15) is 0 Å². The maximum absolute atomic E-state index is 12.7. The van der Waals surface area contributed by atoms with Gasteiger partial charge in [-0.3, -0.25) is 9.69 Å². The molecule has 0 saturated carbocycles. The number of ether oxygens (including phenoxy) is 1. The molecular formula is C19H20N2O2. The van der Waals surface area contributed by atoms with E-state index in [2.05, 4.69) is 9.47 Å². The predicted octanol–water partition coefficient (Wildman–Crippen LogP) is 2.49. The van der Waals surface area contributed by atoms with E-state index in [1.165, 1.54) is 0 Å². The van der Waals surface area contributed by atoms with Crippen LogP contribution in [0.2, 0.25) is 0 Å². The number of morpholine rings is 1. The first kappa shape index (κ1) is 14.4. The van der Waals surface area contributed by atoms with E-state index in [9.17, 15) is 4.79 Å². The molecule has 3 aromatic rings. The molecule has 4 heteroatoms. The van der Waals surface area contributed by atoms with Gasteiger partial charge in [-0.1, -0.05) is 24.3 Å². The van der Waals surface area contributed by atoms with Gasteiger partial charge in [-0.15, -0.1) is 0 Å². The topological polar surface area (TPSA) is 34.5 Å². The van der Waals surface area contributed by atoms with Crippen LogP contribution in [0.25, 0.3) is 21.8 Å². The van der Waals surface area contributed by atoms with Crippen molar-refractivity contribution in [2.45, 2.75) is 6.54 Å². The number of hydrogen-bond donors (Lipinski definition) is 0. The minimum absolute atomic E-state index is 0.124. The molecule has 2 heterocycles. The summed E-state index contributed by atoms with van der Waals surface area (Å²) >= 11 is 0. The Labute approximate surface area is 134 Å². The van der Waals surface area contributed by atoms with E-state index in [1.807, 2.05) is 48.5 Å². The third kappa shape index (κ3) is 2.64. The van der Waals surface area contributed by atoms with Crippen molar-refractivity contribution < 1.29 is 4.74 Å². The van der Waals surface area contributed by atoms with Crippen LogP contribution in [0.3, 0.4) is 0 Å². The van der Waals surface area contributed by atoms with Crippen molar-refractivity contribution in [2.75, 3.05) is 32.8 Å². The summed E-state index contributed by atoms with van der Waals surface area (Å²) in [6.07, 6.45) is 0. The fraction of sp³-hybridized carbons (Fsp3) is 0.316. The van der Waals surface area contributed by atoms with Crippen LogP contribution < -0.4 is 5.43 Å². The summed E-state index contributed by atoms with van der Waals surface area (Å²) in [5.74, 6) is 0. The van der Waals surface area contributed by atoms with E-state index in [4.69, 9.17) is 4.74 Å². The van der Waals surface area contributed by atoms with Crippen molar-refractivity contribution in [2.24, 2.45) is 0 Å². The molecule has 1 aliphatic heterocycles. The molecule has 0 bridgehead atoms. The number of benzene rings is 2. The molecule has 0 spiro atoms. The lowest BCUT2D eigenvalue weighted by atomic mass is 10.1. The molecular weight excluding hydrogens is 288 g/mol. The summed E-state index contributed by atoms with van der Waals surface area (Å²) in [5.41, 5.74) is 2.16. The van der Waals surface area contributed by atoms with E-state index in [1.54, 1.807) is 0 Å². The van der Waals surface area contributed by atoms with Gasteiger partial charge in [0.25, 0.3) is 0 Å². The second kappa shape index (κ2) is 6.14. The summed E-state index contributed by atoms with van der Waals surface area (Å²) in [6, 6.07) is 15.8. The molecule has 1 saturated heterocycles. The van der Waals surface area contributed by atoms with Crippen LogP contribution in [0.5, 0.6) is 0 Å².